The summed E-state index contributed by atoms with van der Waals surface area (Å²) in [4.78, 5) is 85.6. The molecule has 8 aromatic rings. The second-order valence-electron chi connectivity index (χ2n) is 16.6. The van der Waals surface area contributed by atoms with Crippen molar-refractivity contribution in [1.82, 2.24) is 39.7 Å². The molecule has 6 heterocycles. The molecule has 6 N–H and O–H groups in total. The number of H-pyrrole nitrogens is 4. The molecule has 2 aliphatic rings. The van der Waals surface area contributed by atoms with E-state index in [0.29, 0.717) is 51.4 Å². The third-order valence-electron chi connectivity index (χ3n) is 11.6. The summed E-state index contributed by atoms with van der Waals surface area (Å²) in [6.07, 6.45) is 3.38. The molecule has 0 saturated carbocycles. The lowest BCUT2D eigenvalue weighted by Gasteiger charge is -2.17. The van der Waals surface area contributed by atoms with Crippen molar-refractivity contribution in [3.63, 3.8) is 0 Å². The number of rotatable bonds is 10. The molecule has 15 nitrogen and oxygen atoms in total. The second-order valence-corrected chi connectivity index (χ2v) is 16.6. The van der Waals surface area contributed by atoms with Crippen LogP contribution in [0.15, 0.2) is 94.8 Å². The number of carbonyl (C=O) groups is 3. The average molecular weight is 913 g/mol. The van der Waals surface area contributed by atoms with Gasteiger partial charge in [0.15, 0.2) is 0 Å². The fourth-order valence-corrected chi connectivity index (χ4v) is 8.43. The summed E-state index contributed by atoms with van der Waals surface area (Å²) in [6, 6.07) is 16.0. The lowest BCUT2D eigenvalue weighted by Crippen LogP contribution is -2.24. The summed E-state index contributed by atoms with van der Waals surface area (Å²) >= 11 is 0. The maximum absolute atomic E-state index is 14.1. The van der Waals surface area contributed by atoms with Crippen LogP contribution in [-0.4, -0.2) is 83.6 Å². The van der Waals surface area contributed by atoms with Crippen molar-refractivity contribution >= 4 is 51.2 Å². The Morgan fingerprint density at radius 2 is 1.06 bits per heavy atom. The van der Waals surface area contributed by atoms with Gasteiger partial charge in [-0.3, -0.25) is 28.9 Å². The van der Waals surface area contributed by atoms with E-state index in [-0.39, 0.29) is 70.0 Å². The number of hydrogen-bond donors (Lipinski definition) is 6. The molecule has 19 heteroatoms. The minimum Gasteiger partial charge on any atom is -0.381 e. The molecule has 0 bridgehead atoms. The molecule has 0 fully saturated rings. The van der Waals surface area contributed by atoms with Gasteiger partial charge in [-0.1, -0.05) is 0 Å². The number of pyridine rings is 2. The summed E-state index contributed by atoms with van der Waals surface area (Å²) in [5.41, 5.74) is 5.37. The number of anilines is 2. The Bertz CT molecular complexity index is 3400. The zero-order valence-electron chi connectivity index (χ0n) is 36.2. The Balaban J connectivity index is 0.000000168. The first kappa shape index (κ1) is 43.9. The molecule has 4 aromatic carbocycles. The minimum atomic E-state index is -0.530. The van der Waals surface area contributed by atoms with Crippen molar-refractivity contribution < 1.29 is 31.9 Å². The van der Waals surface area contributed by atoms with Crippen LogP contribution < -0.4 is 21.8 Å². The molecule has 2 unspecified atom stereocenters. The van der Waals surface area contributed by atoms with Gasteiger partial charge in [-0.15, -0.1) is 0 Å². The van der Waals surface area contributed by atoms with Crippen molar-refractivity contribution in [2.45, 2.75) is 45.3 Å². The zero-order chi connectivity index (χ0) is 47.4. The first-order valence-corrected chi connectivity index (χ1v) is 21.0. The first-order chi connectivity index (χ1) is 32.0. The van der Waals surface area contributed by atoms with E-state index in [0.717, 1.165) is 46.3 Å². The van der Waals surface area contributed by atoms with Gasteiger partial charge in [0.25, 0.3) is 28.8 Å². The van der Waals surface area contributed by atoms with E-state index in [1.54, 1.807) is 43.1 Å². The number of fused-ring (bicyclic) bond motifs is 4. The molecule has 2 atom stereocenters. The third kappa shape index (κ3) is 8.42. The Morgan fingerprint density at radius 3 is 1.57 bits per heavy atom. The third-order valence-corrected chi connectivity index (χ3v) is 11.6. The molecule has 340 valence electrons. The smallest absolute Gasteiger partial charge is 0.261 e. The number of imidazole rings is 2. The highest BCUT2D eigenvalue weighted by atomic mass is 19.1. The quantitative estimate of drug-likeness (QED) is 0.0601. The summed E-state index contributed by atoms with van der Waals surface area (Å²) < 4.78 is 55.2. The molecule has 0 spiro atoms. The lowest BCUT2D eigenvalue weighted by atomic mass is 10.1. The summed E-state index contributed by atoms with van der Waals surface area (Å²) in [5.74, 6) is -2.32. The molecule has 67 heavy (non-hydrogen) atoms. The Hall–Kier alpha value is -8.35. The molecule has 4 aromatic heterocycles. The number of benzene rings is 4. The molecule has 3 amide bonds. The highest BCUT2D eigenvalue weighted by molar-refractivity contribution is 6.22. The number of imide groups is 1. The Labute approximate surface area is 377 Å². The van der Waals surface area contributed by atoms with Crippen LogP contribution in [0.3, 0.4) is 0 Å². The van der Waals surface area contributed by atoms with E-state index >= 15 is 0 Å². The van der Waals surface area contributed by atoms with Gasteiger partial charge in [-0.2, -0.15) is 0 Å². The van der Waals surface area contributed by atoms with Gasteiger partial charge in [-0.05, 0) is 116 Å². The van der Waals surface area contributed by atoms with Gasteiger partial charge in [0, 0.05) is 50.7 Å². The summed E-state index contributed by atoms with van der Waals surface area (Å²) in [6.45, 7) is 4.12. The predicted octanol–water partition coefficient (Wildman–Crippen LogP) is 7.29. The SMILES string of the molecule is CC(Cc1cc(F)ccc1F)Nc1cc[nH]c(=O)c1-c1nc2cc3c(cc2[nH]1)C(=O)N(C)C3=O.CC(Cc1cc(F)ccc1F)Nc1cc[nH]c(=O)c1-c1nc2cc3c(cc2[nH]1)CN(C)C3=O. The van der Waals surface area contributed by atoms with Crippen molar-refractivity contribution in [2.75, 3.05) is 24.7 Å². The van der Waals surface area contributed by atoms with E-state index < -0.39 is 40.6 Å². The summed E-state index contributed by atoms with van der Waals surface area (Å²) in [7, 11) is 3.16. The lowest BCUT2D eigenvalue weighted by molar-refractivity contribution is 0.0692. The number of aromatic nitrogens is 6. The molecule has 10 rings (SSSR count). The van der Waals surface area contributed by atoms with Crippen LogP contribution >= 0.6 is 0 Å². The Kier molecular flexibility index (Phi) is 11.3. The van der Waals surface area contributed by atoms with Crippen LogP contribution in [0.25, 0.3) is 44.8 Å². The van der Waals surface area contributed by atoms with Crippen LogP contribution in [-0.2, 0) is 19.4 Å². The van der Waals surface area contributed by atoms with E-state index in [1.165, 1.54) is 31.6 Å². The first-order valence-electron chi connectivity index (χ1n) is 21.0. The van der Waals surface area contributed by atoms with Crippen LogP contribution in [0.2, 0.25) is 0 Å². The van der Waals surface area contributed by atoms with Gasteiger partial charge in [0.2, 0.25) is 0 Å². The maximum Gasteiger partial charge on any atom is 0.261 e. The number of halogens is 4. The van der Waals surface area contributed by atoms with Crippen LogP contribution in [0.1, 0.15) is 61.6 Å². The zero-order valence-corrected chi connectivity index (χ0v) is 36.2. The molecule has 0 saturated heterocycles. The van der Waals surface area contributed by atoms with Crippen molar-refractivity contribution in [3.05, 3.63) is 163 Å². The van der Waals surface area contributed by atoms with Crippen LogP contribution in [0.5, 0.6) is 0 Å². The van der Waals surface area contributed by atoms with Crippen molar-refractivity contribution in [1.29, 1.82) is 0 Å². The number of nitrogens with one attached hydrogen (secondary N) is 6. The van der Waals surface area contributed by atoms with Crippen LogP contribution in [0, 0.1) is 23.3 Å². The number of nitrogens with zero attached hydrogens (tertiary/aromatic N) is 4. The fraction of sp³-hybridized carbons (Fsp3) is 0.188. The Morgan fingerprint density at radius 1 is 0.597 bits per heavy atom. The second kappa shape index (κ2) is 17.2. The number of carbonyl (C=O) groups excluding carboxylic acids is 3. The van der Waals surface area contributed by atoms with Crippen molar-refractivity contribution in [3.8, 4) is 22.8 Å². The predicted molar refractivity (Wildman–Crippen MR) is 243 cm³/mol. The minimum absolute atomic E-state index is 0.0604. The highest BCUT2D eigenvalue weighted by Gasteiger charge is 2.34. The molecular weight excluding hydrogens is 873 g/mol. The molecule has 2 aliphatic heterocycles. The standard InChI is InChI=1S/C24H19F2N5O3.C24H21F2N5O2/c1-11(7-12-8-13(25)3-4-16(12)26)28-17-5-6-27-22(32)20(17)21-29-18-9-14-15(10-19(18)30-21)24(34)31(2)23(14)33;1-12(7-13-8-15(25)3-4-17(13)26)28-18-5-6-27-23(32)21(18)22-29-19-9-14-11-31(2)24(33)16(14)10-20(19)30-22/h3-6,8-11H,7H2,1-2H3,(H,29,30)(H2,27,28,32);3-6,8-10,12H,7,11H2,1-2H3,(H,29,30)(H2,27,28,32). The van der Waals surface area contributed by atoms with E-state index in [9.17, 15) is 41.5 Å². The van der Waals surface area contributed by atoms with Gasteiger partial charge in [0.1, 0.15) is 46.0 Å². The van der Waals surface area contributed by atoms with E-state index in [4.69, 9.17) is 0 Å². The number of hydrogen-bond acceptors (Lipinski definition) is 9. The summed E-state index contributed by atoms with van der Waals surface area (Å²) in [5, 5.41) is 6.39. The number of aromatic amines is 4. The van der Waals surface area contributed by atoms with Crippen LogP contribution in [0.4, 0.5) is 28.9 Å². The van der Waals surface area contributed by atoms with Gasteiger partial charge >= 0.3 is 0 Å². The monoisotopic (exact) mass is 912 g/mol. The fourth-order valence-electron chi connectivity index (χ4n) is 8.43. The topological polar surface area (TPSA) is 205 Å². The van der Waals surface area contributed by atoms with Crippen molar-refractivity contribution in [2.24, 2.45) is 0 Å². The van der Waals surface area contributed by atoms with E-state index in [1.807, 2.05) is 13.0 Å². The van der Waals surface area contributed by atoms with Gasteiger partial charge in [0.05, 0.1) is 44.6 Å². The normalized spacial score (nSPS) is 14.1. The van der Waals surface area contributed by atoms with Gasteiger partial charge in [-0.25, -0.2) is 27.5 Å². The number of amides is 3. The molecular formula is C48H40F4N10O5. The molecule has 0 radical (unpaired) electrons. The van der Waals surface area contributed by atoms with E-state index in [2.05, 4.69) is 40.5 Å². The van der Waals surface area contributed by atoms with Gasteiger partial charge < -0.3 is 35.5 Å². The maximum atomic E-state index is 14.1. The molecule has 0 aliphatic carbocycles. The largest absolute Gasteiger partial charge is 0.381 e. The average Bonchev–Trinajstić information content (AvgIpc) is 4.01. The highest BCUT2D eigenvalue weighted by Crippen LogP contribution is 2.32.